The first kappa shape index (κ1) is 18.2. The Morgan fingerprint density at radius 1 is 1.04 bits per heavy atom. The molecule has 1 aliphatic rings. The van der Waals surface area contributed by atoms with Crippen molar-refractivity contribution >= 4 is 22.7 Å². The highest BCUT2D eigenvalue weighted by Crippen LogP contribution is 2.26. The van der Waals surface area contributed by atoms with Gasteiger partial charge >= 0.3 is 5.76 Å². The Labute approximate surface area is 162 Å². The van der Waals surface area contributed by atoms with Crippen molar-refractivity contribution in [2.24, 2.45) is 0 Å². The van der Waals surface area contributed by atoms with E-state index in [0.29, 0.717) is 56.7 Å². The number of carbonyl (C=O) groups is 1. The first-order chi connectivity index (χ1) is 13.7. The Morgan fingerprint density at radius 3 is 2.61 bits per heavy atom. The molecule has 0 radical (unpaired) electrons. The van der Waals surface area contributed by atoms with E-state index in [1.54, 1.807) is 0 Å². The average Bonchev–Trinajstić information content (AvgIpc) is 3.12. The molecule has 1 fully saturated rings. The molecule has 1 amide bonds. The van der Waals surface area contributed by atoms with Crippen molar-refractivity contribution in [2.75, 3.05) is 37.7 Å². The summed E-state index contributed by atoms with van der Waals surface area (Å²) in [6.07, 6.45) is 1.18. The number of nitrogens with one attached hydrogen (secondary N) is 1. The number of para-hydroxylation sites is 2. The number of rotatable bonds is 6. The lowest BCUT2D eigenvalue weighted by Gasteiger charge is -2.36. The molecule has 28 heavy (non-hydrogen) atoms. The summed E-state index contributed by atoms with van der Waals surface area (Å²) in [4.78, 5) is 30.7. The maximum atomic E-state index is 12.5. The van der Waals surface area contributed by atoms with Crippen LogP contribution in [0.1, 0.15) is 12.8 Å². The quantitative estimate of drug-likeness (QED) is 0.664. The molecule has 3 aromatic rings. The Hall–Kier alpha value is -3.22. The molecular weight excluding hydrogens is 358 g/mol. The van der Waals surface area contributed by atoms with Crippen molar-refractivity contribution < 1.29 is 13.9 Å². The van der Waals surface area contributed by atoms with E-state index in [1.807, 2.05) is 53.4 Å². The minimum Gasteiger partial charge on any atom is -0.494 e. The highest BCUT2D eigenvalue weighted by atomic mass is 16.5. The third-order valence-electron chi connectivity index (χ3n) is 4.95. The van der Waals surface area contributed by atoms with Crippen molar-refractivity contribution in [1.29, 1.82) is 0 Å². The van der Waals surface area contributed by atoms with E-state index in [0.717, 1.165) is 11.4 Å². The van der Waals surface area contributed by atoms with Crippen LogP contribution in [0.25, 0.3) is 11.1 Å². The Morgan fingerprint density at radius 2 is 1.82 bits per heavy atom. The molecule has 1 N–H and O–H groups in total. The molecule has 146 valence electrons. The second-order valence-electron chi connectivity index (χ2n) is 6.80. The molecule has 0 unspecified atom stereocenters. The van der Waals surface area contributed by atoms with Crippen LogP contribution in [-0.4, -0.2) is 48.6 Å². The fraction of sp³-hybridized carbons (Fsp3) is 0.333. The maximum absolute atomic E-state index is 12.5. The van der Waals surface area contributed by atoms with E-state index < -0.39 is 5.76 Å². The van der Waals surface area contributed by atoms with Gasteiger partial charge < -0.3 is 19.0 Å². The number of fused-ring (bicyclic) bond motifs is 1. The molecule has 7 nitrogen and oxygen atoms in total. The van der Waals surface area contributed by atoms with Crippen LogP contribution in [0.5, 0.6) is 5.75 Å². The van der Waals surface area contributed by atoms with Crippen LogP contribution in [-0.2, 0) is 4.79 Å². The number of aromatic nitrogens is 1. The zero-order valence-corrected chi connectivity index (χ0v) is 15.6. The molecule has 1 saturated heterocycles. The van der Waals surface area contributed by atoms with E-state index >= 15 is 0 Å². The number of nitrogens with zero attached hydrogens (tertiary/aromatic N) is 2. The fourth-order valence-corrected chi connectivity index (χ4v) is 3.49. The lowest BCUT2D eigenvalue weighted by atomic mass is 10.2. The summed E-state index contributed by atoms with van der Waals surface area (Å²) in [6.45, 7) is 3.26. The van der Waals surface area contributed by atoms with Gasteiger partial charge in [0.25, 0.3) is 0 Å². The first-order valence-electron chi connectivity index (χ1n) is 9.53. The van der Waals surface area contributed by atoms with Crippen molar-refractivity contribution in [3.63, 3.8) is 0 Å². The van der Waals surface area contributed by atoms with E-state index in [9.17, 15) is 9.59 Å². The van der Waals surface area contributed by atoms with Crippen LogP contribution in [0.2, 0.25) is 0 Å². The number of oxazole rings is 1. The normalized spacial score (nSPS) is 14.4. The number of carbonyl (C=O) groups excluding carboxylic acids is 1. The largest absolute Gasteiger partial charge is 0.494 e. The molecule has 2 aromatic carbocycles. The van der Waals surface area contributed by atoms with E-state index in [4.69, 9.17) is 9.15 Å². The number of H-pyrrole nitrogens is 1. The number of piperazine rings is 1. The van der Waals surface area contributed by atoms with Crippen LogP contribution < -0.4 is 15.4 Å². The highest BCUT2D eigenvalue weighted by molar-refractivity contribution is 5.86. The first-order valence-corrected chi connectivity index (χ1v) is 9.53. The van der Waals surface area contributed by atoms with Gasteiger partial charge in [0, 0.05) is 32.6 Å². The van der Waals surface area contributed by atoms with Gasteiger partial charge in [0.1, 0.15) is 5.75 Å². The van der Waals surface area contributed by atoms with E-state index in [-0.39, 0.29) is 5.91 Å². The summed E-state index contributed by atoms with van der Waals surface area (Å²) in [6, 6.07) is 15.3. The summed E-state index contributed by atoms with van der Waals surface area (Å²) < 4.78 is 10.9. The zero-order chi connectivity index (χ0) is 19.3. The maximum Gasteiger partial charge on any atom is 0.417 e. The lowest BCUT2D eigenvalue weighted by Crippen LogP contribution is -2.48. The molecule has 4 rings (SSSR count). The van der Waals surface area contributed by atoms with Crippen LogP contribution in [0.4, 0.5) is 5.69 Å². The van der Waals surface area contributed by atoms with Gasteiger partial charge in [-0.15, -0.1) is 0 Å². The molecule has 1 aromatic heterocycles. The summed E-state index contributed by atoms with van der Waals surface area (Å²) >= 11 is 0. The van der Waals surface area contributed by atoms with Gasteiger partial charge in [-0.2, -0.15) is 0 Å². The number of amides is 1. The minimum absolute atomic E-state index is 0.155. The molecule has 1 aliphatic heterocycles. The molecule has 0 saturated carbocycles. The predicted molar refractivity (Wildman–Crippen MR) is 107 cm³/mol. The van der Waals surface area contributed by atoms with Crippen molar-refractivity contribution in [1.82, 2.24) is 9.88 Å². The molecule has 0 spiro atoms. The summed E-state index contributed by atoms with van der Waals surface area (Å²) in [5.74, 6) is 0.533. The molecule has 0 bridgehead atoms. The Balaban J connectivity index is 1.26. The third kappa shape index (κ3) is 4.03. The Bertz CT molecular complexity index is 988. The second-order valence-corrected chi connectivity index (χ2v) is 6.80. The number of aromatic amines is 1. The zero-order valence-electron chi connectivity index (χ0n) is 15.6. The topological polar surface area (TPSA) is 78.8 Å². The monoisotopic (exact) mass is 381 g/mol. The highest BCUT2D eigenvalue weighted by Gasteiger charge is 2.23. The van der Waals surface area contributed by atoms with Gasteiger partial charge in [-0.05, 0) is 30.7 Å². The van der Waals surface area contributed by atoms with Gasteiger partial charge in [-0.1, -0.05) is 24.3 Å². The van der Waals surface area contributed by atoms with Crippen molar-refractivity contribution in [2.45, 2.75) is 12.8 Å². The second kappa shape index (κ2) is 8.21. The predicted octanol–water partition coefficient (Wildman–Crippen LogP) is 2.63. The molecule has 0 atom stereocenters. The van der Waals surface area contributed by atoms with Gasteiger partial charge in [0.05, 0.1) is 17.8 Å². The number of hydrogen-bond donors (Lipinski definition) is 1. The Kier molecular flexibility index (Phi) is 5.32. The van der Waals surface area contributed by atoms with Crippen molar-refractivity contribution in [3.05, 3.63) is 59.1 Å². The summed E-state index contributed by atoms with van der Waals surface area (Å²) in [5.41, 5.74) is 2.16. The van der Waals surface area contributed by atoms with Crippen LogP contribution >= 0.6 is 0 Å². The van der Waals surface area contributed by atoms with Crippen molar-refractivity contribution in [3.8, 4) is 5.75 Å². The van der Waals surface area contributed by atoms with E-state index in [2.05, 4.69) is 9.88 Å². The summed E-state index contributed by atoms with van der Waals surface area (Å²) in [5, 5.41) is 0. The van der Waals surface area contributed by atoms with Crippen LogP contribution in [0.15, 0.2) is 57.7 Å². The van der Waals surface area contributed by atoms with Gasteiger partial charge in [-0.3, -0.25) is 9.78 Å². The van der Waals surface area contributed by atoms with Gasteiger partial charge in [-0.25, -0.2) is 4.79 Å². The SMILES string of the molecule is O=C(CCCOc1ccccc1)N1CCN(c2cccc3[nH]c(=O)oc23)CC1. The number of benzene rings is 2. The smallest absolute Gasteiger partial charge is 0.417 e. The number of ether oxygens (including phenoxy) is 1. The molecule has 7 heteroatoms. The standard InChI is InChI=1S/C21H23N3O4/c25-19(10-5-15-27-16-6-2-1-3-7-16)24-13-11-23(12-14-24)18-9-4-8-17-20(18)28-21(26)22-17/h1-4,6-9H,5,10-15H2,(H,22,26). The van der Waals surface area contributed by atoms with Gasteiger partial charge in [0.15, 0.2) is 5.58 Å². The molecular formula is C21H23N3O4. The van der Waals surface area contributed by atoms with E-state index in [1.165, 1.54) is 0 Å². The van der Waals surface area contributed by atoms with Crippen LogP contribution in [0.3, 0.4) is 0 Å². The minimum atomic E-state index is -0.450. The number of anilines is 1. The van der Waals surface area contributed by atoms with Gasteiger partial charge in [0.2, 0.25) is 5.91 Å². The summed E-state index contributed by atoms with van der Waals surface area (Å²) in [7, 11) is 0. The molecule has 2 heterocycles. The number of hydrogen-bond acceptors (Lipinski definition) is 5. The lowest BCUT2D eigenvalue weighted by molar-refractivity contribution is -0.131. The van der Waals surface area contributed by atoms with Crippen LogP contribution in [0, 0.1) is 0 Å². The fourth-order valence-electron chi connectivity index (χ4n) is 3.49. The average molecular weight is 381 g/mol. The molecule has 0 aliphatic carbocycles. The third-order valence-corrected chi connectivity index (χ3v) is 4.95.